The Morgan fingerprint density at radius 1 is 1.54 bits per heavy atom. The van der Waals surface area contributed by atoms with Crippen molar-refractivity contribution in [1.82, 2.24) is 5.32 Å². The summed E-state index contributed by atoms with van der Waals surface area (Å²) in [6, 6.07) is -0.627. The molecule has 0 spiro atoms. The number of aliphatic hydroxyl groups is 1. The number of carbonyl (C=O) groups is 1. The van der Waals surface area contributed by atoms with E-state index in [1.165, 1.54) is 0 Å². The normalized spacial score (nSPS) is 31.5. The molecule has 1 amide bonds. The summed E-state index contributed by atoms with van der Waals surface area (Å²) in [5.74, 6) is -0.636. The zero-order valence-corrected chi connectivity index (χ0v) is 8.17. The monoisotopic (exact) mass is 207 g/mol. The van der Waals surface area contributed by atoms with Crippen LogP contribution in [0.15, 0.2) is 0 Å². The molecular formula is C7H13NO4S. The van der Waals surface area contributed by atoms with Gasteiger partial charge in [0.1, 0.15) is 0 Å². The van der Waals surface area contributed by atoms with Gasteiger partial charge in [0.2, 0.25) is 5.91 Å². The second-order valence-corrected chi connectivity index (χ2v) is 5.33. The number of hydrogen-bond donors (Lipinski definition) is 2. The molecule has 0 aromatic heterocycles. The van der Waals surface area contributed by atoms with Crippen molar-refractivity contribution in [3.05, 3.63) is 0 Å². The minimum Gasteiger partial charge on any atom is -0.390 e. The second-order valence-electron chi connectivity index (χ2n) is 3.17. The third-order valence-electron chi connectivity index (χ3n) is 1.99. The van der Waals surface area contributed by atoms with Gasteiger partial charge in [0, 0.05) is 6.42 Å². The zero-order chi connectivity index (χ0) is 10.1. The largest absolute Gasteiger partial charge is 0.390 e. The summed E-state index contributed by atoms with van der Waals surface area (Å²) >= 11 is 0. The molecule has 76 valence electrons. The van der Waals surface area contributed by atoms with Gasteiger partial charge >= 0.3 is 0 Å². The number of amides is 1. The fraction of sp³-hybridized carbons (Fsp3) is 0.857. The van der Waals surface area contributed by atoms with Gasteiger partial charge in [-0.05, 0) is 0 Å². The Morgan fingerprint density at radius 3 is 2.54 bits per heavy atom. The minimum atomic E-state index is -3.16. The lowest BCUT2D eigenvalue weighted by Crippen LogP contribution is -2.42. The molecule has 1 fully saturated rings. The molecule has 1 aliphatic rings. The van der Waals surface area contributed by atoms with Crippen LogP contribution in [0.2, 0.25) is 0 Å². The van der Waals surface area contributed by atoms with E-state index < -0.39 is 22.0 Å². The maximum Gasteiger partial charge on any atom is 0.220 e. The standard InChI is InChI=1S/C7H13NO4S/c1-2-7(10)8-5-3-13(11,12)4-6(5)9/h5-6,9H,2-4H2,1H3,(H,8,10)/t5-,6-/m1/s1. The Balaban J connectivity index is 2.59. The fourth-order valence-corrected chi connectivity index (χ4v) is 3.02. The van der Waals surface area contributed by atoms with Crippen molar-refractivity contribution < 1.29 is 18.3 Å². The van der Waals surface area contributed by atoms with Crippen LogP contribution >= 0.6 is 0 Å². The van der Waals surface area contributed by atoms with Crippen LogP contribution in [0.5, 0.6) is 0 Å². The second kappa shape index (κ2) is 3.63. The molecule has 6 heteroatoms. The number of carbonyl (C=O) groups excluding carboxylic acids is 1. The maximum atomic E-state index is 11.0. The molecule has 0 unspecified atom stereocenters. The van der Waals surface area contributed by atoms with Crippen LogP contribution in [-0.4, -0.2) is 43.1 Å². The Labute approximate surface area is 77.1 Å². The molecule has 0 bridgehead atoms. The smallest absolute Gasteiger partial charge is 0.220 e. The predicted molar refractivity (Wildman–Crippen MR) is 46.9 cm³/mol. The van der Waals surface area contributed by atoms with Crippen LogP contribution in [0.4, 0.5) is 0 Å². The molecule has 0 saturated carbocycles. The summed E-state index contributed by atoms with van der Waals surface area (Å²) in [6.07, 6.45) is -0.663. The van der Waals surface area contributed by atoms with Gasteiger partial charge in [-0.2, -0.15) is 0 Å². The zero-order valence-electron chi connectivity index (χ0n) is 7.36. The summed E-state index contributed by atoms with van der Waals surface area (Å²) in [5, 5.41) is 11.7. The number of rotatable bonds is 2. The van der Waals surface area contributed by atoms with E-state index in [-0.39, 0.29) is 17.4 Å². The SMILES string of the molecule is CCC(=O)N[C@@H]1CS(=O)(=O)C[C@H]1O. The summed E-state index contributed by atoms with van der Waals surface area (Å²) in [4.78, 5) is 10.9. The summed E-state index contributed by atoms with van der Waals surface area (Å²) in [7, 11) is -3.16. The molecule has 0 radical (unpaired) electrons. The van der Waals surface area contributed by atoms with E-state index in [9.17, 15) is 18.3 Å². The Kier molecular flexibility index (Phi) is 2.92. The number of nitrogens with one attached hydrogen (secondary N) is 1. The molecule has 1 rings (SSSR count). The molecular weight excluding hydrogens is 194 g/mol. The van der Waals surface area contributed by atoms with Gasteiger partial charge in [0.25, 0.3) is 0 Å². The van der Waals surface area contributed by atoms with Crippen LogP contribution < -0.4 is 5.32 Å². The Hall–Kier alpha value is -0.620. The van der Waals surface area contributed by atoms with Crippen LogP contribution in [0.1, 0.15) is 13.3 Å². The third-order valence-corrected chi connectivity index (χ3v) is 3.71. The van der Waals surface area contributed by atoms with Crippen molar-refractivity contribution >= 4 is 15.7 Å². The molecule has 0 aromatic rings. The van der Waals surface area contributed by atoms with Crippen molar-refractivity contribution in [3.63, 3.8) is 0 Å². The predicted octanol–water partition coefficient (Wildman–Crippen LogP) is -1.33. The highest BCUT2D eigenvalue weighted by Gasteiger charge is 2.36. The van der Waals surface area contributed by atoms with Crippen molar-refractivity contribution in [3.8, 4) is 0 Å². The van der Waals surface area contributed by atoms with Crippen LogP contribution in [0.3, 0.4) is 0 Å². The Bertz CT molecular complexity index is 298. The first kappa shape index (κ1) is 10.5. The highest BCUT2D eigenvalue weighted by molar-refractivity contribution is 7.91. The van der Waals surface area contributed by atoms with Crippen LogP contribution in [0.25, 0.3) is 0 Å². The highest BCUT2D eigenvalue weighted by Crippen LogP contribution is 2.12. The van der Waals surface area contributed by atoms with Gasteiger partial charge in [0.15, 0.2) is 9.84 Å². The first-order chi connectivity index (χ1) is 5.94. The number of hydrogen-bond acceptors (Lipinski definition) is 4. The topological polar surface area (TPSA) is 83.5 Å². The van der Waals surface area contributed by atoms with E-state index in [0.717, 1.165) is 0 Å². The summed E-state index contributed by atoms with van der Waals surface area (Å²) in [5.41, 5.74) is 0. The van der Waals surface area contributed by atoms with Gasteiger partial charge < -0.3 is 10.4 Å². The lowest BCUT2D eigenvalue weighted by Gasteiger charge is -2.13. The van der Waals surface area contributed by atoms with Crippen molar-refractivity contribution in [2.75, 3.05) is 11.5 Å². The van der Waals surface area contributed by atoms with Gasteiger partial charge in [0.05, 0.1) is 23.7 Å². The van der Waals surface area contributed by atoms with E-state index in [1.54, 1.807) is 6.92 Å². The number of aliphatic hydroxyl groups excluding tert-OH is 1. The quantitative estimate of drug-likeness (QED) is 0.587. The lowest BCUT2D eigenvalue weighted by atomic mass is 10.2. The summed E-state index contributed by atoms with van der Waals surface area (Å²) in [6.45, 7) is 1.67. The molecule has 5 nitrogen and oxygen atoms in total. The first-order valence-corrected chi connectivity index (χ1v) is 5.94. The molecule has 1 saturated heterocycles. The van der Waals surface area contributed by atoms with Gasteiger partial charge in [-0.1, -0.05) is 6.92 Å². The van der Waals surface area contributed by atoms with Crippen molar-refractivity contribution in [1.29, 1.82) is 0 Å². The summed E-state index contributed by atoms with van der Waals surface area (Å²) < 4.78 is 22.0. The van der Waals surface area contributed by atoms with Gasteiger partial charge in [-0.25, -0.2) is 8.42 Å². The van der Waals surface area contributed by atoms with Crippen molar-refractivity contribution in [2.24, 2.45) is 0 Å². The van der Waals surface area contributed by atoms with Crippen molar-refractivity contribution in [2.45, 2.75) is 25.5 Å². The minimum absolute atomic E-state index is 0.153. The van der Waals surface area contributed by atoms with E-state index in [4.69, 9.17) is 0 Å². The lowest BCUT2D eigenvalue weighted by molar-refractivity contribution is -0.121. The average Bonchev–Trinajstić information content (AvgIpc) is 2.24. The molecule has 2 N–H and O–H groups in total. The van der Waals surface area contributed by atoms with E-state index in [2.05, 4.69) is 5.32 Å². The molecule has 13 heavy (non-hydrogen) atoms. The van der Waals surface area contributed by atoms with Crippen LogP contribution in [-0.2, 0) is 14.6 Å². The average molecular weight is 207 g/mol. The molecule has 1 aliphatic heterocycles. The van der Waals surface area contributed by atoms with E-state index in [0.29, 0.717) is 6.42 Å². The fourth-order valence-electron chi connectivity index (χ4n) is 1.28. The van der Waals surface area contributed by atoms with E-state index in [1.807, 2.05) is 0 Å². The highest BCUT2D eigenvalue weighted by atomic mass is 32.2. The van der Waals surface area contributed by atoms with Gasteiger partial charge in [-0.15, -0.1) is 0 Å². The maximum absolute atomic E-state index is 11.0. The first-order valence-electron chi connectivity index (χ1n) is 4.12. The third kappa shape index (κ3) is 2.67. The molecule has 0 aromatic carbocycles. The number of sulfone groups is 1. The molecule has 1 heterocycles. The van der Waals surface area contributed by atoms with Gasteiger partial charge in [-0.3, -0.25) is 4.79 Å². The molecule has 2 atom stereocenters. The Morgan fingerprint density at radius 2 is 2.15 bits per heavy atom. The van der Waals surface area contributed by atoms with Crippen LogP contribution in [0, 0.1) is 0 Å². The molecule has 0 aliphatic carbocycles. The van der Waals surface area contributed by atoms with E-state index >= 15 is 0 Å².